The lowest BCUT2D eigenvalue weighted by atomic mass is 9.91. The molecule has 4 nitrogen and oxygen atoms in total. The monoisotopic (exact) mass is 262 g/mol. The van der Waals surface area contributed by atoms with Crippen LogP contribution in [0.4, 0.5) is 0 Å². The second-order valence-electron chi connectivity index (χ2n) is 4.98. The normalized spacial score (nSPS) is 26.4. The van der Waals surface area contributed by atoms with Gasteiger partial charge in [-0.3, -0.25) is 0 Å². The molecule has 0 spiro atoms. The highest BCUT2D eigenvalue weighted by molar-refractivity contribution is 7.89. The Labute approximate surface area is 106 Å². The zero-order valence-electron chi connectivity index (χ0n) is 11.3. The number of nitrogens with one attached hydrogen (secondary N) is 1. The summed E-state index contributed by atoms with van der Waals surface area (Å²) in [6.45, 7) is 2.02. The quantitative estimate of drug-likeness (QED) is 0.790. The predicted octanol–water partition coefficient (Wildman–Crippen LogP) is 1.58. The molecule has 0 aromatic carbocycles. The van der Waals surface area contributed by atoms with Gasteiger partial charge >= 0.3 is 0 Å². The van der Waals surface area contributed by atoms with Crippen LogP contribution in [0.5, 0.6) is 0 Å². The summed E-state index contributed by atoms with van der Waals surface area (Å²) in [6.07, 6.45) is 5.81. The fourth-order valence-electron chi connectivity index (χ4n) is 2.43. The number of nitrogens with zero attached hydrogens (tertiary/aromatic N) is 1. The van der Waals surface area contributed by atoms with E-state index in [0.717, 1.165) is 38.5 Å². The van der Waals surface area contributed by atoms with Gasteiger partial charge in [0.05, 0.1) is 5.75 Å². The van der Waals surface area contributed by atoms with E-state index in [0.29, 0.717) is 11.8 Å². The average molecular weight is 262 g/mol. The molecule has 0 unspecified atom stereocenters. The van der Waals surface area contributed by atoms with Crippen LogP contribution < -0.4 is 5.32 Å². The van der Waals surface area contributed by atoms with Crippen molar-refractivity contribution in [3.8, 4) is 0 Å². The van der Waals surface area contributed by atoms with E-state index in [9.17, 15) is 8.42 Å². The van der Waals surface area contributed by atoms with E-state index in [1.54, 1.807) is 11.4 Å². The second kappa shape index (κ2) is 6.71. The van der Waals surface area contributed by atoms with Crippen LogP contribution in [0.2, 0.25) is 0 Å². The predicted molar refractivity (Wildman–Crippen MR) is 71.6 cm³/mol. The molecular weight excluding hydrogens is 236 g/mol. The van der Waals surface area contributed by atoms with Crippen molar-refractivity contribution in [3.63, 3.8) is 0 Å². The molecule has 1 fully saturated rings. The maximum atomic E-state index is 12.1. The van der Waals surface area contributed by atoms with Crippen molar-refractivity contribution in [3.05, 3.63) is 0 Å². The van der Waals surface area contributed by atoms with Crippen LogP contribution in [0.15, 0.2) is 0 Å². The van der Waals surface area contributed by atoms with Gasteiger partial charge in [0.15, 0.2) is 0 Å². The summed E-state index contributed by atoms with van der Waals surface area (Å²) in [5, 5.41) is 3.27. The standard InChI is InChI=1S/C12H26N2O2S/c1-4-5-10-17(15,16)14(3)12-8-6-11(13-2)7-9-12/h11-13H,4-10H2,1-3H3. The summed E-state index contributed by atoms with van der Waals surface area (Å²) in [7, 11) is 0.691. The van der Waals surface area contributed by atoms with Crippen molar-refractivity contribution >= 4 is 10.0 Å². The lowest BCUT2D eigenvalue weighted by molar-refractivity contribution is 0.255. The highest BCUT2D eigenvalue weighted by atomic mass is 32.2. The van der Waals surface area contributed by atoms with Gasteiger partial charge in [0, 0.05) is 19.1 Å². The van der Waals surface area contributed by atoms with Gasteiger partial charge in [-0.25, -0.2) is 12.7 Å². The third-order valence-electron chi connectivity index (χ3n) is 3.81. The number of unbranched alkanes of at least 4 members (excludes halogenated alkanes) is 1. The maximum Gasteiger partial charge on any atom is 0.214 e. The van der Waals surface area contributed by atoms with Crippen molar-refractivity contribution in [1.82, 2.24) is 9.62 Å². The van der Waals surface area contributed by atoms with Gasteiger partial charge < -0.3 is 5.32 Å². The molecule has 5 heteroatoms. The first kappa shape index (κ1) is 14.9. The summed E-state index contributed by atoms with van der Waals surface area (Å²) in [5.41, 5.74) is 0. The number of hydrogen-bond donors (Lipinski definition) is 1. The Morgan fingerprint density at radius 1 is 1.24 bits per heavy atom. The largest absolute Gasteiger partial charge is 0.317 e. The van der Waals surface area contributed by atoms with Crippen LogP contribution in [0.1, 0.15) is 45.4 Å². The first-order valence-corrected chi connectivity index (χ1v) is 8.25. The fourth-order valence-corrected chi connectivity index (χ4v) is 4.03. The van der Waals surface area contributed by atoms with E-state index in [1.807, 2.05) is 14.0 Å². The molecule has 1 aliphatic rings. The molecule has 102 valence electrons. The first-order chi connectivity index (χ1) is 8.01. The van der Waals surface area contributed by atoms with Crippen LogP contribution in [-0.4, -0.2) is 44.7 Å². The summed E-state index contributed by atoms with van der Waals surface area (Å²) < 4.78 is 25.7. The number of hydrogen-bond acceptors (Lipinski definition) is 3. The van der Waals surface area contributed by atoms with E-state index in [1.165, 1.54) is 0 Å². The van der Waals surface area contributed by atoms with Crippen molar-refractivity contribution < 1.29 is 8.42 Å². The van der Waals surface area contributed by atoms with E-state index in [-0.39, 0.29) is 6.04 Å². The van der Waals surface area contributed by atoms with Crippen molar-refractivity contribution in [2.45, 2.75) is 57.5 Å². The molecule has 0 aliphatic heterocycles. The Kier molecular flexibility index (Phi) is 5.89. The molecular formula is C12H26N2O2S. The molecule has 0 atom stereocenters. The van der Waals surface area contributed by atoms with Gasteiger partial charge in [0.1, 0.15) is 0 Å². The molecule has 1 N–H and O–H groups in total. The Morgan fingerprint density at radius 2 is 1.82 bits per heavy atom. The Balaban J connectivity index is 2.50. The lowest BCUT2D eigenvalue weighted by Crippen LogP contribution is -2.43. The zero-order chi connectivity index (χ0) is 12.9. The van der Waals surface area contributed by atoms with Crippen LogP contribution in [-0.2, 0) is 10.0 Å². The summed E-state index contributed by atoms with van der Waals surface area (Å²) in [4.78, 5) is 0. The van der Waals surface area contributed by atoms with Gasteiger partial charge in [-0.1, -0.05) is 13.3 Å². The second-order valence-corrected chi connectivity index (χ2v) is 7.13. The van der Waals surface area contributed by atoms with Crippen LogP contribution >= 0.6 is 0 Å². The van der Waals surface area contributed by atoms with Crippen LogP contribution in [0.3, 0.4) is 0 Å². The fraction of sp³-hybridized carbons (Fsp3) is 1.00. The minimum atomic E-state index is -3.03. The third kappa shape index (κ3) is 4.23. The Bertz CT molecular complexity index is 308. The molecule has 0 aromatic heterocycles. The Morgan fingerprint density at radius 3 is 2.29 bits per heavy atom. The molecule has 1 aliphatic carbocycles. The van der Waals surface area contributed by atoms with Crippen LogP contribution in [0, 0.1) is 0 Å². The first-order valence-electron chi connectivity index (χ1n) is 6.64. The minimum absolute atomic E-state index is 0.210. The zero-order valence-corrected chi connectivity index (χ0v) is 12.1. The molecule has 0 saturated heterocycles. The molecule has 0 radical (unpaired) electrons. The van der Waals surface area contributed by atoms with Crippen LogP contribution in [0.25, 0.3) is 0 Å². The molecule has 1 rings (SSSR count). The van der Waals surface area contributed by atoms with E-state index in [2.05, 4.69) is 5.32 Å². The summed E-state index contributed by atoms with van der Waals surface area (Å²) in [5.74, 6) is 0.298. The molecule has 0 amide bonds. The SMILES string of the molecule is CCCCS(=O)(=O)N(C)C1CCC(NC)CC1. The topological polar surface area (TPSA) is 49.4 Å². The molecule has 0 aromatic rings. The molecule has 17 heavy (non-hydrogen) atoms. The Hall–Kier alpha value is -0.130. The van der Waals surface area contributed by atoms with Gasteiger partial charge in [-0.2, -0.15) is 0 Å². The summed E-state index contributed by atoms with van der Waals surface area (Å²) >= 11 is 0. The van der Waals surface area contributed by atoms with E-state index >= 15 is 0 Å². The van der Waals surface area contributed by atoms with Gasteiger partial charge in [0.25, 0.3) is 0 Å². The smallest absolute Gasteiger partial charge is 0.214 e. The minimum Gasteiger partial charge on any atom is -0.317 e. The highest BCUT2D eigenvalue weighted by Crippen LogP contribution is 2.24. The third-order valence-corrected chi connectivity index (χ3v) is 5.79. The van der Waals surface area contributed by atoms with Crippen molar-refractivity contribution in [2.75, 3.05) is 19.8 Å². The summed E-state index contributed by atoms with van der Waals surface area (Å²) in [6, 6.07) is 0.777. The van der Waals surface area contributed by atoms with Crippen molar-refractivity contribution in [1.29, 1.82) is 0 Å². The molecule has 0 heterocycles. The van der Waals surface area contributed by atoms with Gasteiger partial charge in [-0.15, -0.1) is 0 Å². The highest BCUT2D eigenvalue weighted by Gasteiger charge is 2.29. The molecule has 0 bridgehead atoms. The average Bonchev–Trinajstić information content (AvgIpc) is 2.35. The number of rotatable bonds is 6. The maximum absolute atomic E-state index is 12.1. The van der Waals surface area contributed by atoms with E-state index < -0.39 is 10.0 Å². The van der Waals surface area contributed by atoms with Gasteiger partial charge in [0.2, 0.25) is 10.0 Å². The molecule has 1 saturated carbocycles. The van der Waals surface area contributed by atoms with Crippen molar-refractivity contribution in [2.24, 2.45) is 0 Å². The lowest BCUT2D eigenvalue weighted by Gasteiger charge is -2.33. The van der Waals surface area contributed by atoms with E-state index in [4.69, 9.17) is 0 Å². The number of sulfonamides is 1. The van der Waals surface area contributed by atoms with Gasteiger partial charge in [-0.05, 0) is 39.2 Å².